The molecule has 0 bridgehead atoms. The van der Waals surface area contributed by atoms with Crippen LogP contribution in [0.4, 0.5) is 0 Å². The molecule has 0 atom stereocenters. The van der Waals surface area contributed by atoms with Gasteiger partial charge in [0.2, 0.25) is 11.0 Å². The number of benzene rings is 3. The summed E-state index contributed by atoms with van der Waals surface area (Å²) in [7, 11) is 3.84. The summed E-state index contributed by atoms with van der Waals surface area (Å²) in [6, 6.07) is 23.4. The molecule has 0 aliphatic carbocycles. The number of fused-ring (bicyclic) bond motifs is 2. The average Bonchev–Trinajstić information content (AvgIpc) is 2.79. The van der Waals surface area contributed by atoms with Crippen LogP contribution in [0, 0.1) is 0 Å². The second-order valence-corrected chi connectivity index (χ2v) is 7.77. The smallest absolute Gasteiger partial charge is 0.213 e. The average molecular weight is 436 g/mol. The molecule has 4 aromatic rings. The van der Waals surface area contributed by atoms with Crippen molar-refractivity contribution in [1.82, 2.24) is 0 Å². The molecule has 0 saturated carbocycles. The van der Waals surface area contributed by atoms with Crippen LogP contribution < -0.4 is 26.4 Å². The normalized spacial score (nSPS) is 10.8. The molecule has 0 amide bonds. The third kappa shape index (κ3) is 4.77. The molecule has 3 nitrogen and oxygen atoms in total. The molecule has 31 heavy (non-hydrogen) atoms. The highest BCUT2D eigenvalue weighted by Crippen LogP contribution is 2.36. The van der Waals surface area contributed by atoms with Gasteiger partial charge in [0.15, 0.2) is 0 Å². The van der Waals surface area contributed by atoms with E-state index in [2.05, 4.69) is 79.2 Å². The van der Waals surface area contributed by atoms with E-state index < -0.39 is 0 Å². The molecule has 4 rings (SSSR count). The van der Waals surface area contributed by atoms with E-state index in [9.17, 15) is 0 Å². The summed E-state index contributed by atoms with van der Waals surface area (Å²) in [6.07, 6.45) is 4.86. The Kier molecular flexibility index (Phi) is 7.75. The van der Waals surface area contributed by atoms with Crippen LogP contribution in [-0.2, 0) is 7.05 Å². The molecule has 0 radical (unpaired) electrons. The Morgan fingerprint density at radius 2 is 1.48 bits per heavy atom. The lowest BCUT2D eigenvalue weighted by atomic mass is 9.95. The summed E-state index contributed by atoms with van der Waals surface area (Å²) in [6.45, 7) is 3.01. The maximum absolute atomic E-state index is 5.95. The van der Waals surface area contributed by atoms with Crippen molar-refractivity contribution in [3.05, 3.63) is 66.7 Å². The molecule has 0 aliphatic heterocycles. The van der Waals surface area contributed by atoms with Gasteiger partial charge in [-0.1, -0.05) is 50.5 Å². The standard InChI is InChI=1S/C27H30NO2.ClH/c1-4-5-6-9-18-30-21-14-12-20(13-15-21)27-23-10-7-8-11-25(23)28(2)26-17-16-22(29-3)19-24(26)27;/h7-8,10-17,19H,4-6,9,18H2,1-3H3;1H/q+1;/p-1. The summed E-state index contributed by atoms with van der Waals surface area (Å²) in [5.74, 6) is 1.80. The minimum atomic E-state index is 0. The number of aryl methyl sites for hydroxylation is 1. The molecule has 0 spiro atoms. The second-order valence-electron chi connectivity index (χ2n) is 7.77. The fourth-order valence-electron chi connectivity index (χ4n) is 4.13. The Balaban J connectivity index is 0.00000272. The topological polar surface area (TPSA) is 22.3 Å². The van der Waals surface area contributed by atoms with Crippen LogP contribution in [0.3, 0.4) is 0 Å². The Bertz CT molecular complexity index is 1160. The molecule has 3 aromatic carbocycles. The summed E-state index contributed by atoms with van der Waals surface area (Å²) in [5, 5.41) is 2.41. The molecule has 0 unspecified atom stereocenters. The van der Waals surface area contributed by atoms with Gasteiger partial charge in [-0.2, -0.15) is 4.57 Å². The van der Waals surface area contributed by atoms with Gasteiger partial charge in [-0.25, -0.2) is 0 Å². The fraction of sp³-hybridized carbons (Fsp3) is 0.296. The van der Waals surface area contributed by atoms with Crippen LogP contribution in [0.25, 0.3) is 32.9 Å². The van der Waals surface area contributed by atoms with Crippen molar-refractivity contribution >= 4 is 21.8 Å². The van der Waals surface area contributed by atoms with Crippen molar-refractivity contribution in [3.63, 3.8) is 0 Å². The molecule has 1 aromatic heterocycles. The molecular weight excluding hydrogens is 406 g/mol. The molecule has 162 valence electrons. The first kappa shape index (κ1) is 22.9. The van der Waals surface area contributed by atoms with Crippen molar-refractivity contribution in [2.75, 3.05) is 13.7 Å². The van der Waals surface area contributed by atoms with E-state index in [0.717, 1.165) is 24.5 Å². The molecule has 0 saturated heterocycles. The Hall–Kier alpha value is -2.78. The lowest BCUT2D eigenvalue weighted by Crippen LogP contribution is -3.00. The number of hydrogen-bond acceptors (Lipinski definition) is 2. The van der Waals surface area contributed by atoms with Crippen LogP contribution in [0.2, 0.25) is 0 Å². The zero-order chi connectivity index (χ0) is 20.9. The third-order valence-electron chi connectivity index (χ3n) is 5.78. The van der Waals surface area contributed by atoms with Gasteiger partial charge in [0.25, 0.3) is 0 Å². The maximum Gasteiger partial charge on any atom is 0.213 e. The zero-order valence-corrected chi connectivity index (χ0v) is 19.3. The van der Waals surface area contributed by atoms with E-state index in [4.69, 9.17) is 9.47 Å². The van der Waals surface area contributed by atoms with Gasteiger partial charge < -0.3 is 21.9 Å². The van der Waals surface area contributed by atoms with Crippen molar-refractivity contribution in [2.45, 2.75) is 32.6 Å². The predicted octanol–water partition coefficient (Wildman–Crippen LogP) is 3.46. The number of ether oxygens (including phenoxy) is 2. The number of para-hydroxylation sites is 1. The first-order valence-electron chi connectivity index (χ1n) is 10.8. The van der Waals surface area contributed by atoms with Crippen molar-refractivity contribution in [1.29, 1.82) is 0 Å². The second kappa shape index (κ2) is 10.5. The number of unbranched alkanes of at least 4 members (excludes halogenated alkanes) is 3. The molecule has 0 aliphatic rings. The number of aromatic nitrogens is 1. The first-order valence-corrected chi connectivity index (χ1v) is 10.8. The van der Waals surface area contributed by atoms with Gasteiger partial charge >= 0.3 is 0 Å². The van der Waals surface area contributed by atoms with Gasteiger partial charge in [0, 0.05) is 17.7 Å². The van der Waals surface area contributed by atoms with Crippen molar-refractivity contribution in [2.24, 2.45) is 7.05 Å². The zero-order valence-electron chi connectivity index (χ0n) is 18.5. The van der Waals surface area contributed by atoms with Crippen LogP contribution in [0.5, 0.6) is 11.5 Å². The Morgan fingerprint density at radius 1 is 0.774 bits per heavy atom. The SMILES string of the molecule is CCCCCCOc1ccc(-c2c3ccccc3[n+](C)c3ccc(OC)cc23)cc1.[Cl-]. The van der Waals surface area contributed by atoms with E-state index in [1.54, 1.807) is 7.11 Å². The summed E-state index contributed by atoms with van der Waals surface area (Å²) in [5.41, 5.74) is 4.80. The molecule has 4 heteroatoms. The van der Waals surface area contributed by atoms with Gasteiger partial charge in [-0.3, -0.25) is 0 Å². The lowest BCUT2D eigenvalue weighted by molar-refractivity contribution is -0.617. The summed E-state index contributed by atoms with van der Waals surface area (Å²) in [4.78, 5) is 0. The highest BCUT2D eigenvalue weighted by molar-refractivity contribution is 6.07. The predicted molar refractivity (Wildman–Crippen MR) is 124 cm³/mol. The van der Waals surface area contributed by atoms with Crippen LogP contribution in [0.15, 0.2) is 66.7 Å². The lowest BCUT2D eigenvalue weighted by Gasteiger charge is -2.12. The highest BCUT2D eigenvalue weighted by Gasteiger charge is 2.19. The van der Waals surface area contributed by atoms with Gasteiger partial charge in [0.1, 0.15) is 18.5 Å². The third-order valence-corrected chi connectivity index (χ3v) is 5.78. The minimum Gasteiger partial charge on any atom is -1.00 e. The number of rotatable bonds is 8. The minimum absolute atomic E-state index is 0. The number of hydrogen-bond donors (Lipinski definition) is 0. The van der Waals surface area contributed by atoms with Gasteiger partial charge in [-0.15, -0.1) is 0 Å². The Morgan fingerprint density at radius 3 is 2.23 bits per heavy atom. The van der Waals surface area contributed by atoms with Crippen molar-refractivity contribution in [3.8, 4) is 22.6 Å². The summed E-state index contributed by atoms with van der Waals surface area (Å²) >= 11 is 0. The first-order chi connectivity index (χ1) is 14.7. The van der Waals surface area contributed by atoms with Crippen molar-refractivity contribution < 1.29 is 26.4 Å². The van der Waals surface area contributed by atoms with Crippen LogP contribution in [0.1, 0.15) is 32.6 Å². The molecule has 1 heterocycles. The molecule has 0 N–H and O–H groups in total. The van der Waals surface area contributed by atoms with Crippen LogP contribution in [-0.4, -0.2) is 13.7 Å². The Labute approximate surface area is 191 Å². The van der Waals surface area contributed by atoms with E-state index in [1.807, 2.05) is 6.07 Å². The van der Waals surface area contributed by atoms with Gasteiger partial charge in [0.05, 0.1) is 24.5 Å². The van der Waals surface area contributed by atoms with Gasteiger partial charge in [-0.05, 0) is 42.3 Å². The monoisotopic (exact) mass is 435 g/mol. The number of halogens is 1. The van der Waals surface area contributed by atoms with Crippen LogP contribution >= 0.6 is 0 Å². The summed E-state index contributed by atoms with van der Waals surface area (Å²) < 4.78 is 13.7. The number of pyridine rings is 1. The fourth-order valence-corrected chi connectivity index (χ4v) is 4.13. The van der Waals surface area contributed by atoms with E-state index in [-0.39, 0.29) is 12.4 Å². The number of methoxy groups -OCH3 is 1. The highest BCUT2D eigenvalue weighted by atomic mass is 35.5. The molecular formula is C27H30ClNO2. The maximum atomic E-state index is 5.95. The quantitative estimate of drug-likeness (QED) is 0.240. The number of nitrogens with zero attached hydrogens (tertiary/aromatic N) is 1. The van der Waals surface area contributed by atoms with E-state index in [1.165, 1.54) is 52.2 Å². The van der Waals surface area contributed by atoms with E-state index in [0.29, 0.717) is 0 Å². The molecule has 0 fully saturated rings. The van der Waals surface area contributed by atoms with E-state index >= 15 is 0 Å². The largest absolute Gasteiger partial charge is 1.00 e.